The van der Waals surface area contributed by atoms with Crippen molar-refractivity contribution in [3.8, 4) is 11.8 Å². The van der Waals surface area contributed by atoms with Crippen molar-refractivity contribution in [3.05, 3.63) is 81.6 Å². The summed E-state index contributed by atoms with van der Waals surface area (Å²) in [5.41, 5.74) is 4.48. The number of carbonyl (C=O) groups excluding carboxylic acids is 1. The monoisotopic (exact) mass is 364 g/mol. The van der Waals surface area contributed by atoms with Crippen LogP contribution in [0.25, 0.3) is 5.69 Å². The third-order valence-corrected chi connectivity index (χ3v) is 4.63. The molecule has 130 valence electrons. The van der Waals surface area contributed by atoms with Crippen LogP contribution in [-0.2, 0) is 6.54 Å². The van der Waals surface area contributed by atoms with Crippen LogP contribution in [-0.4, -0.2) is 15.7 Å². The Balaban J connectivity index is 1.71. The third kappa shape index (κ3) is 3.61. The zero-order valence-electron chi connectivity index (χ0n) is 14.5. The molecular formula is C20H17ClN4O. The minimum absolute atomic E-state index is 0.176. The first kappa shape index (κ1) is 17.7. The molecule has 3 rings (SSSR count). The van der Waals surface area contributed by atoms with E-state index in [0.29, 0.717) is 22.7 Å². The summed E-state index contributed by atoms with van der Waals surface area (Å²) >= 11 is 6.18. The lowest BCUT2D eigenvalue weighted by Gasteiger charge is -2.08. The molecule has 1 aromatic heterocycles. The maximum absolute atomic E-state index is 12.3. The molecule has 2 aromatic carbocycles. The van der Waals surface area contributed by atoms with Gasteiger partial charge < -0.3 is 5.32 Å². The molecule has 3 aromatic rings. The van der Waals surface area contributed by atoms with E-state index >= 15 is 0 Å². The van der Waals surface area contributed by atoms with Gasteiger partial charge in [0.1, 0.15) is 0 Å². The van der Waals surface area contributed by atoms with Crippen LogP contribution >= 0.6 is 11.6 Å². The summed E-state index contributed by atoms with van der Waals surface area (Å²) < 4.78 is 1.76. The van der Waals surface area contributed by atoms with Crippen LogP contribution in [0.3, 0.4) is 0 Å². The summed E-state index contributed by atoms with van der Waals surface area (Å²) in [5.74, 6) is -0.176. The van der Waals surface area contributed by atoms with E-state index in [-0.39, 0.29) is 5.91 Å². The van der Waals surface area contributed by atoms with E-state index in [0.717, 1.165) is 22.6 Å². The second-order valence-electron chi connectivity index (χ2n) is 5.94. The molecule has 6 heteroatoms. The Labute approximate surface area is 156 Å². The molecule has 0 atom stereocenters. The fourth-order valence-electron chi connectivity index (χ4n) is 2.66. The molecule has 26 heavy (non-hydrogen) atoms. The molecule has 5 nitrogen and oxygen atoms in total. The zero-order chi connectivity index (χ0) is 18.7. The van der Waals surface area contributed by atoms with Gasteiger partial charge in [0.2, 0.25) is 0 Å². The van der Waals surface area contributed by atoms with Gasteiger partial charge in [-0.15, -0.1) is 0 Å². The maximum Gasteiger partial charge on any atom is 0.251 e. The summed E-state index contributed by atoms with van der Waals surface area (Å²) in [7, 11) is 0. The smallest absolute Gasteiger partial charge is 0.251 e. The van der Waals surface area contributed by atoms with E-state index in [2.05, 4.69) is 16.5 Å². The van der Waals surface area contributed by atoms with Crippen LogP contribution in [0.1, 0.15) is 32.9 Å². The SMILES string of the molecule is Cc1nn(-c2ccc(C(=O)NCc3cccc(C#N)c3)cc2)c(C)c1Cl. The standard InChI is InChI=1S/C20H17ClN4O/c1-13-19(21)14(2)25(24-13)18-8-6-17(7-9-18)20(26)23-12-16-5-3-4-15(10-16)11-22/h3-10H,12H2,1-2H3,(H,23,26). The fraction of sp³-hybridized carbons (Fsp3) is 0.150. The topological polar surface area (TPSA) is 70.7 Å². The van der Waals surface area contributed by atoms with E-state index in [1.807, 2.05) is 32.0 Å². The normalized spacial score (nSPS) is 10.4. The molecule has 0 fully saturated rings. The molecular weight excluding hydrogens is 348 g/mol. The molecule has 0 saturated heterocycles. The number of nitrogens with zero attached hydrogens (tertiary/aromatic N) is 3. The Morgan fingerprint density at radius 1 is 1.23 bits per heavy atom. The molecule has 0 unspecified atom stereocenters. The number of hydrogen-bond acceptors (Lipinski definition) is 3. The Kier molecular flexibility index (Phi) is 5.06. The molecule has 0 spiro atoms. The van der Waals surface area contributed by atoms with Gasteiger partial charge in [0, 0.05) is 12.1 Å². The lowest BCUT2D eigenvalue weighted by Crippen LogP contribution is -2.22. The molecule has 0 aliphatic heterocycles. The largest absolute Gasteiger partial charge is 0.348 e. The quantitative estimate of drug-likeness (QED) is 0.762. The lowest BCUT2D eigenvalue weighted by molar-refractivity contribution is 0.0951. The molecule has 0 radical (unpaired) electrons. The van der Waals surface area contributed by atoms with Crippen LogP contribution < -0.4 is 5.32 Å². The molecule has 0 aliphatic carbocycles. The van der Waals surface area contributed by atoms with Gasteiger partial charge >= 0.3 is 0 Å². The third-order valence-electron chi connectivity index (χ3n) is 4.09. The Bertz CT molecular complexity index is 1000. The highest BCUT2D eigenvalue weighted by Crippen LogP contribution is 2.22. The van der Waals surface area contributed by atoms with Crippen molar-refractivity contribution in [2.24, 2.45) is 0 Å². The van der Waals surface area contributed by atoms with Crippen molar-refractivity contribution in [1.29, 1.82) is 5.26 Å². The number of halogens is 1. The summed E-state index contributed by atoms with van der Waals surface area (Å²) in [6.45, 7) is 4.12. The highest BCUT2D eigenvalue weighted by atomic mass is 35.5. The first-order chi connectivity index (χ1) is 12.5. The molecule has 0 aliphatic rings. The van der Waals surface area contributed by atoms with Crippen LogP contribution in [0, 0.1) is 25.2 Å². The van der Waals surface area contributed by atoms with Gasteiger partial charge in [0.15, 0.2) is 0 Å². The van der Waals surface area contributed by atoms with Gasteiger partial charge in [-0.3, -0.25) is 4.79 Å². The van der Waals surface area contributed by atoms with Crippen molar-refractivity contribution in [2.75, 3.05) is 0 Å². The molecule has 0 saturated carbocycles. The van der Waals surface area contributed by atoms with Crippen molar-refractivity contribution < 1.29 is 4.79 Å². The maximum atomic E-state index is 12.3. The average Bonchev–Trinajstić information content (AvgIpc) is 2.93. The number of aromatic nitrogens is 2. The van der Waals surface area contributed by atoms with Crippen LogP contribution in [0.4, 0.5) is 0 Å². The number of benzene rings is 2. The number of amides is 1. The van der Waals surface area contributed by atoms with Crippen molar-refractivity contribution in [3.63, 3.8) is 0 Å². The number of aryl methyl sites for hydroxylation is 1. The minimum Gasteiger partial charge on any atom is -0.348 e. The Morgan fingerprint density at radius 3 is 2.58 bits per heavy atom. The number of hydrogen-bond donors (Lipinski definition) is 1. The van der Waals surface area contributed by atoms with Crippen molar-refractivity contribution in [2.45, 2.75) is 20.4 Å². The molecule has 1 N–H and O–H groups in total. The van der Waals surface area contributed by atoms with Crippen LogP contribution in [0.5, 0.6) is 0 Å². The first-order valence-corrected chi connectivity index (χ1v) is 8.47. The Morgan fingerprint density at radius 2 is 1.96 bits per heavy atom. The number of nitrogens with one attached hydrogen (secondary N) is 1. The van der Waals surface area contributed by atoms with E-state index in [1.54, 1.807) is 35.0 Å². The second-order valence-corrected chi connectivity index (χ2v) is 6.32. The lowest BCUT2D eigenvalue weighted by atomic mass is 10.1. The van der Waals surface area contributed by atoms with E-state index in [1.165, 1.54) is 0 Å². The van der Waals surface area contributed by atoms with Gasteiger partial charge in [-0.1, -0.05) is 23.7 Å². The summed E-state index contributed by atoms with van der Waals surface area (Å²) in [5, 5.41) is 16.8. The van der Waals surface area contributed by atoms with Crippen molar-refractivity contribution in [1.82, 2.24) is 15.1 Å². The van der Waals surface area contributed by atoms with E-state index in [9.17, 15) is 4.79 Å². The van der Waals surface area contributed by atoms with E-state index < -0.39 is 0 Å². The van der Waals surface area contributed by atoms with Gasteiger partial charge in [0.05, 0.1) is 33.7 Å². The second kappa shape index (κ2) is 7.42. The molecule has 1 heterocycles. The number of nitriles is 1. The zero-order valence-corrected chi connectivity index (χ0v) is 15.2. The fourth-order valence-corrected chi connectivity index (χ4v) is 2.78. The molecule has 1 amide bonds. The highest BCUT2D eigenvalue weighted by molar-refractivity contribution is 6.31. The Hall–Kier alpha value is -3.10. The predicted molar refractivity (Wildman–Crippen MR) is 100 cm³/mol. The summed E-state index contributed by atoms with van der Waals surface area (Å²) in [4.78, 5) is 12.3. The van der Waals surface area contributed by atoms with Gasteiger partial charge in [-0.05, 0) is 55.8 Å². The average molecular weight is 365 g/mol. The van der Waals surface area contributed by atoms with E-state index in [4.69, 9.17) is 16.9 Å². The number of carbonyl (C=O) groups is 1. The highest BCUT2D eigenvalue weighted by Gasteiger charge is 2.11. The van der Waals surface area contributed by atoms with Crippen LogP contribution in [0.2, 0.25) is 5.02 Å². The first-order valence-electron chi connectivity index (χ1n) is 8.09. The molecule has 0 bridgehead atoms. The van der Waals surface area contributed by atoms with Gasteiger partial charge in [-0.2, -0.15) is 10.4 Å². The van der Waals surface area contributed by atoms with Crippen molar-refractivity contribution >= 4 is 17.5 Å². The summed E-state index contributed by atoms with van der Waals surface area (Å²) in [6, 6.07) is 16.4. The predicted octanol–water partition coefficient (Wildman–Crippen LogP) is 3.94. The number of rotatable bonds is 4. The van der Waals surface area contributed by atoms with Gasteiger partial charge in [-0.25, -0.2) is 4.68 Å². The summed E-state index contributed by atoms with van der Waals surface area (Å²) in [6.07, 6.45) is 0. The van der Waals surface area contributed by atoms with Crippen LogP contribution in [0.15, 0.2) is 48.5 Å². The van der Waals surface area contributed by atoms with Gasteiger partial charge in [0.25, 0.3) is 5.91 Å². The minimum atomic E-state index is -0.176.